The van der Waals surface area contributed by atoms with Gasteiger partial charge in [0.25, 0.3) is 0 Å². The van der Waals surface area contributed by atoms with Crippen LogP contribution < -0.4 is 10.6 Å². The SMILES string of the molecule is CC(C)(C)OC(=O)NCCC(=O)NCc1cnc(Cl)cn1. The Morgan fingerprint density at radius 1 is 1.24 bits per heavy atom. The summed E-state index contributed by atoms with van der Waals surface area (Å²) in [5, 5.41) is 5.47. The molecule has 0 spiro atoms. The number of ether oxygens (including phenoxy) is 1. The van der Waals surface area contributed by atoms with Gasteiger partial charge >= 0.3 is 6.09 Å². The van der Waals surface area contributed by atoms with Crippen molar-refractivity contribution in [1.29, 1.82) is 0 Å². The van der Waals surface area contributed by atoms with Crippen LogP contribution in [0.1, 0.15) is 32.9 Å². The van der Waals surface area contributed by atoms with Crippen LogP contribution in [0.2, 0.25) is 5.15 Å². The summed E-state index contributed by atoms with van der Waals surface area (Å²) in [6.07, 6.45) is 2.51. The molecule has 0 aromatic carbocycles. The standard InChI is InChI=1S/C13H19ClN4O3/c1-13(2,3)21-12(20)15-5-4-11(19)18-7-9-6-17-10(14)8-16-9/h6,8H,4-5,7H2,1-3H3,(H,15,20)(H,18,19). The van der Waals surface area contributed by atoms with E-state index in [4.69, 9.17) is 16.3 Å². The molecule has 1 aromatic rings. The number of aromatic nitrogens is 2. The van der Waals surface area contributed by atoms with Crippen LogP contribution in [0.15, 0.2) is 12.4 Å². The highest BCUT2D eigenvalue weighted by Crippen LogP contribution is 2.06. The Kier molecular flexibility index (Phi) is 6.36. The second kappa shape index (κ2) is 7.78. The van der Waals surface area contributed by atoms with Crippen molar-refractivity contribution >= 4 is 23.6 Å². The maximum Gasteiger partial charge on any atom is 0.407 e. The van der Waals surface area contributed by atoms with Gasteiger partial charge in [0.2, 0.25) is 5.91 Å². The molecule has 0 radical (unpaired) electrons. The number of hydrogen-bond acceptors (Lipinski definition) is 5. The van der Waals surface area contributed by atoms with Gasteiger partial charge in [-0.15, -0.1) is 0 Å². The second-order valence-corrected chi connectivity index (χ2v) is 5.67. The lowest BCUT2D eigenvalue weighted by Gasteiger charge is -2.19. The molecule has 0 aliphatic rings. The average Bonchev–Trinajstić information content (AvgIpc) is 2.36. The number of carbonyl (C=O) groups is 2. The van der Waals surface area contributed by atoms with Crippen LogP contribution in [0.5, 0.6) is 0 Å². The van der Waals surface area contributed by atoms with Crippen molar-refractivity contribution in [2.75, 3.05) is 6.54 Å². The molecule has 0 bridgehead atoms. The maximum atomic E-state index is 11.6. The van der Waals surface area contributed by atoms with E-state index in [1.54, 1.807) is 20.8 Å². The number of halogens is 1. The summed E-state index contributed by atoms with van der Waals surface area (Å²) >= 11 is 5.61. The van der Waals surface area contributed by atoms with Crippen LogP contribution in [-0.2, 0) is 16.1 Å². The van der Waals surface area contributed by atoms with E-state index in [2.05, 4.69) is 20.6 Å². The van der Waals surface area contributed by atoms with Crippen LogP contribution in [0.3, 0.4) is 0 Å². The van der Waals surface area contributed by atoms with E-state index in [-0.39, 0.29) is 25.4 Å². The quantitative estimate of drug-likeness (QED) is 0.862. The average molecular weight is 315 g/mol. The summed E-state index contributed by atoms with van der Waals surface area (Å²) in [5.41, 5.74) is 0.0485. The van der Waals surface area contributed by atoms with Gasteiger partial charge in [0.05, 0.1) is 24.6 Å². The summed E-state index contributed by atoms with van der Waals surface area (Å²) < 4.78 is 5.05. The molecular weight excluding hydrogens is 296 g/mol. The molecule has 0 saturated heterocycles. The first-order valence-corrected chi connectivity index (χ1v) is 6.84. The Hall–Kier alpha value is -1.89. The van der Waals surface area contributed by atoms with E-state index in [9.17, 15) is 9.59 Å². The Morgan fingerprint density at radius 3 is 2.52 bits per heavy atom. The van der Waals surface area contributed by atoms with Crippen LogP contribution in [0.4, 0.5) is 4.79 Å². The van der Waals surface area contributed by atoms with Gasteiger partial charge in [0, 0.05) is 13.0 Å². The van der Waals surface area contributed by atoms with Crippen molar-refractivity contribution in [3.63, 3.8) is 0 Å². The minimum absolute atomic E-state index is 0.153. The number of amides is 2. The molecule has 0 aliphatic heterocycles. The van der Waals surface area contributed by atoms with Gasteiger partial charge in [-0.1, -0.05) is 11.6 Å². The Labute approximate surface area is 128 Å². The maximum absolute atomic E-state index is 11.6. The van der Waals surface area contributed by atoms with Crippen molar-refractivity contribution in [3.8, 4) is 0 Å². The molecule has 8 heteroatoms. The minimum Gasteiger partial charge on any atom is -0.444 e. The first-order chi connectivity index (χ1) is 9.76. The molecule has 21 heavy (non-hydrogen) atoms. The zero-order valence-electron chi connectivity index (χ0n) is 12.3. The van der Waals surface area contributed by atoms with E-state index < -0.39 is 11.7 Å². The summed E-state index contributed by atoms with van der Waals surface area (Å²) in [5.74, 6) is -0.206. The minimum atomic E-state index is -0.556. The number of nitrogens with one attached hydrogen (secondary N) is 2. The zero-order valence-corrected chi connectivity index (χ0v) is 13.0. The molecule has 0 saturated carbocycles. The van der Waals surface area contributed by atoms with Gasteiger partial charge in [0.15, 0.2) is 0 Å². The van der Waals surface area contributed by atoms with Crippen LogP contribution in [0.25, 0.3) is 0 Å². The van der Waals surface area contributed by atoms with E-state index in [1.165, 1.54) is 12.4 Å². The highest BCUT2D eigenvalue weighted by Gasteiger charge is 2.15. The fourth-order valence-corrected chi connectivity index (χ4v) is 1.40. The zero-order chi connectivity index (χ0) is 15.9. The fourth-order valence-electron chi connectivity index (χ4n) is 1.30. The van der Waals surface area contributed by atoms with Crippen molar-refractivity contribution in [1.82, 2.24) is 20.6 Å². The van der Waals surface area contributed by atoms with Gasteiger partial charge < -0.3 is 15.4 Å². The summed E-state index contributed by atoms with van der Waals surface area (Å²) in [6.45, 7) is 5.77. The van der Waals surface area contributed by atoms with Crippen molar-refractivity contribution in [2.45, 2.75) is 39.3 Å². The summed E-state index contributed by atoms with van der Waals surface area (Å²) in [4.78, 5) is 30.8. The topological polar surface area (TPSA) is 93.2 Å². The molecule has 7 nitrogen and oxygen atoms in total. The van der Waals surface area contributed by atoms with E-state index in [1.807, 2.05) is 0 Å². The Balaban J connectivity index is 2.19. The predicted molar refractivity (Wildman–Crippen MR) is 77.7 cm³/mol. The van der Waals surface area contributed by atoms with E-state index in [0.717, 1.165) is 0 Å². The lowest BCUT2D eigenvalue weighted by molar-refractivity contribution is -0.121. The molecule has 116 valence electrons. The second-order valence-electron chi connectivity index (χ2n) is 5.29. The predicted octanol–water partition coefficient (Wildman–Crippen LogP) is 1.66. The molecule has 1 rings (SSSR count). The number of hydrogen-bond donors (Lipinski definition) is 2. The Morgan fingerprint density at radius 2 is 1.95 bits per heavy atom. The third-order valence-electron chi connectivity index (χ3n) is 2.16. The molecule has 2 N–H and O–H groups in total. The molecule has 0 unspecified atom stereocenters. The molecule has 0 fully saturated rings. The normalized spacial score (nSPS) is 10.9. The van der Waals surface area contributed by atoms with Crippen LogP contribution in [0, 0.1) is 0 Å². The van der Waals surface area contributed by atoms with E-state index in [0.29, 0.717) is 10.8 Å². The van der Waals surface area contributed by atoms with Crippen molar-refractivity contribution in [3.05, 3.63) is 23.2 Å². The van der Waals surface area contributed by atoms with Gasteiger partial charge in [0.1, 0.15) is 10.8 Å². The van der Waals surface area contributed by atoms with Crippen molar-refractivity contribution in [2.24, 2.45) is 0 Å². The molecule has 2 amide bonds. The molecule has 0 aliphatic carbocycles. The summed E-state index contributed by atoms with van der Waals surface area (Å²) in [7, 11) is 0. The number of alkyl carbamates (subject to hydrolysis) is 1. The molecule has 0 atom stereocenters. The van der Waals surface area contributed by atoms with Gasteiger partial charge in [-0.3, -0.25) is 9.78 Å². The molecule has 1 heterocycles. The van der Waals surface area contributed by atoms with E-state index >= 15 is 0 Å². The lowest BCUT2D eigenvalue weighted by atomic mass is 10.2. The highest BCUT2D eigenvalue weighted by molar-refractivity contribution is 6.29. The molecular formula is C13H19ClN4O3. The van der Waals surface area contributed by atoms with Crippen molar-refractivity contribution < 1.29 is 14.3 Å². The first-order valence-electron chi connectivity index (χ1n) is 6.46. The lowest BCUT2D eigenvalue weighted by Crippen LogP contribution is -2.35. The molecule has 1 aromatic heterocycles. The van der Waals surface area contributed by atoms with Gasteiger partial charge in [-0.2, -0.15) is 0 Å². The number of rotatable bonds is 5. The first kappa shape index (κ1) is 17.2. The smallest absolute Gasteiger partial charge is 0.407 e. The van der Waals surface area contributed by atoms with Gasteiger partial charge in [-0.25, -0.2) is 9.78 Å². The summed E-state index contributed by atoms with van der Waals surface area (Å²) in [6, 6.07) is 0. The van der Waals surface area contributed by atoms with Crippen LogP contribution in [-0.4, -0.2) is 34.1 Å². The fraction of sp³-hybridized carbons (Fsp3) is 0.538. The third-order valence-corrected chi connectivity index (χ3v) is 2.36. The Bertz CT molecular complexity index is 485. The van der Waals surface area contributed by atoms with Gasteiger partial charge in [-0.05, 0) is 20.8 Å². The number of nitrogens with zero attached hydrogens (tertiary/aromatic N) is 2. The number of carbonyl (C=O) groups excluding carboxylic acids is 2. The largest absolute Gasteiger partial charge is 0.444 e. The monoisotopic (exact) mass is 314 g/mol. The highest BCUT2D eigenvalue weighted by atomic mass is 35.5. The third kappa shape index (κ3) is 8.09. The van der Waals surface area contributed by atoms with Crippen LogP contribution >= 0.6 is 11.6 Å².